The third kappa shape index (κ3) is 1.67. The first-order chi connectivity index (χ1) is 6.81. The summed E-state index contributed by atoms with van der Waals surface area (Å²) < 4.78 is 5.22. The lowest BCUT2D eigenvalue weighted by molar-refractivity contribution is 0.123. The van der Waals surface area contributed by atoms with Crippen LogP contribution in [0.2, 0.25) is 0 Å². The van der Waals surface area contributed by atoms with Crippen molar-refractivity contribution in [3.05, 3.63) is 10.9 Å². The fraction of sp³-hybridized carbons (Fsp3) is 0.444. The molecule has 0 saturated carbocycles. The molecule has 1 saturated heterocycles. The Bertz CT molecular complexity index is 363. The Morgan fingerprint density at radius 3 is 2.79 bits per heavy atom. The first-order valence-electron chi connectivity index (χ1n) is 4.37. The lowest BCUT2D eigenvalue weighted by Gasteiger charge is -2.26. The van der Waals surface area contributed by atoms with Crippen molar-refractivity contribution in [3.8, 4) is 11.8 Å². The van der Waals surface area contributed by atoms with E-state index in [0.29, 0.717) is 18.1 Å². The monoisotopic (exact) mass is 210 g/mol. The lowest BCUT2D eigenvalue weighted by Crippen LogP contribution is -2.35. The van der Waals surface area contributed by atoms with Crippen LogP contribution in [-0.2, 0) is 4.74 Å². The van der Waals surface area contributed by atoms with Crippen molar-refractivity contribution >= 4 is 16.3 Å². The Kier molecular flexibility index (Phi) is 2.57. The zero-order chi connectivity index (χ0) is 9.97. The molecule has 2 rings (SSSR count). The van der Waals surface area contributed by atoms with E-state index >= 15 is 0 Å². The summed E-state index contributed by atoms with van der Waals surface area (Å²) in [6, 6.07) is 3.61. The molecule has 1 aliphatic heterocycles. The van der Waals surface area contributed by atoms with Gasteiger partial charge in [0.15, 0.2) is 0 Å². The van der Waals surface area contributed by atoms with Crippen LogP contribution in [-0.4, -0.2) is 31.4 Å². The molecule has 1 aliphatic rings. The van der Waals surface area contributed by atoms with E-state index in [-0.39, 0.29) is 5.75 Å². The number of nitriles is 1. The molecule has 1 fully saturated rings. The van der Waals surface area contributed by atoms with E-state index in [9.17, 15) is 5.11 Å². The van der Waals surface area contributed by atoms with Crippen molar-refractivity contribution in [2.75, 3.05) is 31.2 Å². The Labute approximate surface area is 86.0 Å². The molecule has 1 aromatic heterocycles. The fourth-order valence-electron chi connectivity index (χ4n) is 1.39. The zero-order valence-electron chi connectivity index (χ0n) is 7.56. The Morgan fingerprint density at radius 2 is 2.21 bits per heavy atom. The van der Waals surface area contributed by atoms with Crippen LogP contribution in [0.25, 0.3) is 0 Å². The molecule has 0 atom stereocenters. The second kappa shape index (κ2) is 3.86. The van der Waals surface area contributed by atoms with Crippen molar-refractivity contribution in [1.29, 1.82) is 5.26 Å². The molecule has 4 nitrogen and oxygen atoms in total. The maximum absolute atomic E-state index is 9.39. The number of ether oxygens (including phenoxy) is 1. The van der Waals surface area contributed by atoms with Crippen molar-refractivity contribution in [1.82, 2.24) is 0 Å². The van der Waals surface area contributed by atoms with Gasteiger partial charge in [-0.2, -0.15) is 5.26 Å². The normalized spacial score (nSPS) is 16.6. The van der Waals surface area contributed by atoms with E-state index in [1.54, 1.807) is 6.07 Å². The first-order valence-corrected chi connectivity index (χ1v) is 5.18. The average molecular weight is 210 g/mol. The lowest BCUT2D eigenvalue weighted by atomic mass is 10.4. The molecule has 1 aromatic rings. The van der Waals surface area contributed by atoms with Gasteiger partial charge in [0, 0.05) is 19.2 Å². The van der Waals surface area contributed by atoms with E-state index in [2.05, 4.69) is 4.90 Å². The molecule has 0 amide bonds. The van der Waals surface area contributed by atoms with Gasteiger partial charge in [0.05, 0.1) is 18.2 Å². The largest absolute Gasteiger partial charge is 0.506 e. The molecule has 1 N–H and O–H groups in total. The smallest absolute Gasteiger partial charge is 0.148 e. The second-order valence-corrected chi connectivity index (χ2v) is 4.04. The second-order valence-electron chi connectivity index (χ2n) is 3.01. The van der Waals surface area contributed by atoms with Crippen LogP contribution in [0.4, 0.5) is 5.00 Å². The third-order valence-corrected chi connectivity index (χ3v) is 3.21. The predicted octanol–water partition coefficient (Wildman–Crippen LogP) is 1.16. The van der Waals surface area contributed by atoms with Crippen molar-refractivity contribution in [3.63, 3.8) is 0 Å². The summed E-state index contributed by atoms with van der Waals surface area (Å²) in [7, 11) is 0. The third-order valence-electron chi connectivity index (χ3n) is 2.12. The standard InChI is InChI=1S/C9H10N2O2S/c10-6-8-7(12)5-9(14-8)11-1-3-13-4-2-11/h5,12H,1-4H2. The van der Waals surface area contributed by atoms with Gasteiger partial charge in [0.1, 0.15) is 16.7 Å². The molecule has 0 unspecified atom stereocenters. The molecular formula is C9H10N2O2S. The van der Waals surface area contributed by atoms with E-state index in [1.165, 1.54) is 11.3 Å². The highest BCUT2D eigenvalue weighted by atomic mass is 32.1. The number of rotatable bonds is 1. The van der Waals surface area contributed by atoms with Crippen molar-refractivity contribution in [2.45, 2.75) is 0 Å². The molecule has 5 heteroatoms. The molecule has 14 heavy (non-hydrogen) atoms. The van der Waals surface area contributed by atoms with E-state index in [4.69, 9.17) is 10.00 Å². The topological polar surface area (TPSA) is 56.5 Å². The van der Waals surface area contributed by atoms with Gasteiger partial charge in [-0.1, -0.05) is 0 Å². The van der Waals surface area contributed by atoms with Crippen LogP contribution in [0.1, 0.15) is 4.88 Å². The fourth-order valence-corrected chi connectivity index (χ4v) is 2.29. The number of morpholine rings is 1. The quantitative estimate of drug-likeness (QED) is 0.755. The Balaban J connectivity index is 2.19. The highest BCUT2D eigenvalue weighted by Crippen LogP contribution is 2.34. The van der Waals surface area contributed by atoms with Gasteiger partial charge in [-0.25, -0.2) is 0 Å². The summed E-state index contributed by atoms with van der Waals surface area (Å²) in [6.45, 7) is 3.07. The molecule has 74 valence electrons. The van der Waals surface area contributed by atoms with Crippen LogP contribution in [0.3, 0.4) is 0 Å². The Morgan fingerprint density at radius 1 is 1.50 bits per heavy atom. The van der Waals surface area contributed by atoms with Gasteiger partial charge >= 0.3 is 0 Å². The van der Waals surface area contributed by atoms with Gasteiger partial charge in [-0.3, -0.25) is 0 Å². The zero-order valence-corrected chi connectivity index (χ0v) is 8.38. The molecule has 0 radical (unpaired) electrons. The molecule has 0 bridgehead atoms. The summed E-state index contributed by atoms with van der Waals surface area (Å²) in [5.41, 5.74) is 0. The summed E-state index contributed by atoms with van der Waals surface area (Å²) >= 11 is 1.33. The van der Waals surface area contributed by atoms with Gasteiger partial charge < -0.3 is 14.7 Å². The molecule has 0 spiro atoms. The summed E-state index contributed by atoms with van der Waals surface area (Å²) in [5.74, 6) is 0.0824. The van der Waals surface area contributed by atoms with E-state index < -0.39 is 0 Å². The van der Waals surface area contributed by atoms with Crippen molar-refractivity contribution in [2.24, 2.45) is 0 Å². The number of hydrogen-bond acceptors (Lipinski definition) is 5. The van der Waals surface area contributed by atoms with E-state index in [0.717, 1.165) is 18.1 Å². The highest BCUT2D eigenvalue weighted by Gasteiger charge is 2.15. The number of anilines is 1. The van der Waals surface area contributed by atoms with Gasteiger partial charge in [0.2, 0.25) is 0 Å². The van der Waals surface area contributed by atoms with Gasteiger partial charge in [-0.05, 0) is 0 Å². The van der Waals surface area contributed by atoms with Crippen LogP contribution in [0.5, 0.6) is 5.75 Å². The maximum atomic E-state index is 9.39. The van der Waals surface area contributed by atoms with Crippen molar-refractivity contribution < 1.29 is 9.84 Å². The van der Waals surface area contributed by atoms with Gasteiger partial charge in [0.25, 0.3) is 0 Å². The van der Waals surface area contributed by atoms with Gasteiger partial charge in [-0.15, -0.1) is 11.3 Å². The Hall–Kier alpha value is -1.25. The number of hydrogen-bond donors (Lipinski definition) is 1. The van der Waals surface area contributed by atoms with Crippen LogP contribution in [0.15, 0.2) is 6.07 Å². The molecule has 0 aliphatic carbocycles. The predicted molar refractivity (Wildman–Crippen MR) is 53.7 cm³/mol. The van der Waals surface area contributed by atoms with Crippen LogP contribution < -0.4 is 4.90 Å². The molecular weight excluding hydrogens is 200 g/mol. The summed E-state index contributed by atoms with van der Waals surface area (Å²) in [5, 5.41) is 19.0. The number of aromatic hydroxyl groups is 1. The average Bonchev–Trinajstić information content (AvgIpc) is 2.61. The summed E-state index contributed by atoms with van der Waals surface area (Å²) in [4.78, 5) is 2.50. The molecule has 0 aromatic carbocycles. The summed E-state index contributed by atoms with van der Waals surface area (Å²) in [6.07, 6.45) is 0. The maximum Gasteiger partial charge on any atom is 0.148 e. The minimum atomic E-state index is 0.0824. The SMILES string of the molecule is N#Cc1sc(N2CCOCC2)cc1O. The number of nitrogens with zero attached hydrogens (tertiary/aromatic N) is 2. The first kappa shape index (κ1) is 9.31. The molecule has 2 heterocycles. The minimum Gasteiger partial charge on any atom is -0.506 e. The van der Waals surface area contributed by atoms with E-state index in [1.807, 2.05) is 6.07 Å². The van der Waals surface area contributed by atoms with Crippen LogP contribution >= 0.6 is 11.3 Å². The van der Waals surface area contributed by atoms with Crippen LogP contribution in [0, 0.1) is 11.3 Å². The number of thiophene rings is 1. The highest BCUT2D eigenvalue weighted by molar-refractivity contribution is 7.16. The minimum absolute atomic E-state index is 0.0824.